The van der Waals surface area contributed by atoms with Gasteiger partial charge in [-0.3, -0.25) is 20.2 Å². The van der Waals surface area contributed by atoms with E-state index in [-0.39, 0.29) is 0 Å². The van der Waals surface area contributed by atoms with E-state index < -0.39 is 32.8 Å². The molecule has 0 bridgehead atoms. The quantitative estimate of drug-likeness (QED) is 0.435. The average Bonchev–Trinajstić information content (AvgIpc) is 2.70. The number of hydrogen-bond acceptors (Lipinski definition) is 6. The Morgan fingerprint density at radius 3 is 1.90 bits per heavy atom. The number of non-ortho nitro benzene ring substituents is 2. The molecule has 30 heavy (non-hydrogen) atoms. The number of carboxylic acids is 1. The normalized spacial score (nSPS) is 9.90. The van der Waals surface area contributed by atoms with Crippen LogP contribution in [0.5, 0.6) is 5.75 Å². The third-order valence-electron chi connectivity index (χ3n) is 3.80. The number of aromatic carboxylic acids is 1. The van der Waals surface area contributed by atoms with Crippen molar-refractivity contribution in [1.29, 1.82) is 0 Å². The van der Waals surface area contributed by atoms with Crippen LogP contribution < -0.4 is 0 Å². The lowest BCUT2D eigenvalue weighted by molar-refractivity contribution is -0.394. The summed E-state index contributed by atoms with van der Waals surface area (Å²) in [7, 11) is 0. The van der Waals surface area contributed by atoms with Crippen molar-refractivity contribution in [3.63, 3.8) is 0 Å². The van der Waals surface area contributed by atoms with Gasteiger partial charge in [-0.25, -0.2) is 4.79 Å². The molecule has 0 heterocycles. The van der Waals surface area contributed by atoms with E-state index >= 15 is 0 Å². The molecule has 0 unspecified atom stereocenters. The van der Waals surface area contributed by atoms with Crippen LogP contribution in [0.1, 0.15) is 21.5 Å². The Kier molecular flexibility index (Phi) is 7.43. The fourth-order valence-corrected chi connectivity index (χ4v) is 2.64. The van der Waals surface area contributed by atoms with Crippen LogP contribution in [0.25, 0.3) is 0 Å². The summed E-state index contributed by atoms with van der Waals surface area (Å²) in [5.41, 5.74) is 0.599. The first-order chi connectivity index (χ1) is 14.2. The van der Waals surface area contributed by atoms with Gasteiger partial charge in [-0.05, 0) is 41.8 Å². The Morgan fingerprint density at radius 1 is 0.867 bits per heavy atom. The molecule has 0 aliphatic rings. The van der Waals surface area contributed by atoms with Crippen LogP contribution in [0.4, 0.5) is 11.4 Å². The number of aromatic hydroxyl groups is 1. The molecule has 0 fully saturated rings. The molecule has 0 saturated heterocycles. The number of carboxylic acid groups (broad SMARTS) is 1. The van der Waals surface area contributed by atoms with Gasteiger partial charge in [0, 0.05) is 17.2 Å². The summed E-state index contributed by atoms with van der Waals surface area (Å²) in [6, 6.07) is 17.2. The summed E-state index contributed by atoms with van der Waals surface area (Å²) in [5, 5.41) is 39.1. The number of phenolic OH excluding ortho intramolecular Hbond substituents is 1. The number of nitro groups is 2. The minimum Gasteiger partial charge on any atom is -0.508 e. The molecule has 3 aromatic carbocycles. The van der Waals surface area contributed by atoms with Crippen LogP contribution >= 0.6 is 11.6 Å². The first kappa shape index (κ1) is 22.3. The molecule has 3 rings (SSSR count). The molecule has 0 amide bonds. The van der Waals surface area contributed by atoms with Crippen molar-refractivity contribution in [2.24, 2.45) is 0 Å². The minimum atomic E-state index is -1.46. The van der Waals surface area contributed by atoms with Gasteiger partial charge in [0.2, 0.25) is 0 Å². The fourth-order valence-electron chi connectivity index (χ4n) is 2.43. The Labute approximate surface area is 175 Å². The summed E-state index contributed by atoms with van der Waals surface area (Å²) in [4.78, 5) is 29.4. The van der Waals surface area contributed by atoms with E-state index in [9.17, 15) is 25.0 Å². The van der Waals surface area contributed by atoms with E-state index in [0.717, 1.165) is 29.1 Å². The predicted molar refractivity (Wildman–Crippen MR) is 109 cm³/mol. The van der Waals surface area contributed by atoms with Crippen LogP contribution in [-0.4, -0.2) is 26.0 Å². The maximum absolute atomic E-state index is 10.5. The highest BCUT2D eigenvalue weighted by atomic mass is 35.5. The smallest absolute Gasteiger partial charge is 0.336 e. The number of hydrogen-bond donors (Lipinski definition) is 2. The van der Waals surface area contributed by atoms with E-state index in [1.54, 1.807) is 12.1 Å². The van der Waals surface area contributed by atoms with Crippen molar-refractivity contribution in [3.8, 4) is 5.75 Å². The highest BCUT2D eigenvalue weighted by Crippen LogP contribution is 2.22. The highest BCUT2D eigenvalue weighted by Gasteiger charge is 2.19. The van der Waals surface area contributed by atoms with Crippen LogP contribution in [0, 0.1) is 20.2 Å². The molecule has 0 aliphatic carbocycles. The summed E-state index contributed by atoms with van der Waals surface area (Å²) >= 11 is 5.90. The second kappa shape index (κ2) is 9.99. The Balaban J connectivity index is 0.000000214. The van der Waals surface area contributed by atoms with Crippen LogP contribution in [0.15, 0.2) is 66.7 Å². The minimum absolute atomic E-state index is 0.296. The van der Waals surface area contributed by atoms with E-state index in [2.05, 4.69) is 0 Å². The lowest BCUT2D eigenvalue weighted by Gasteiger charge is -2.02. The lowest BCUT2D eigenvalue weighted by atomic mass is 10.1. The number of benzene rings is 3. The Morgan fingerprint density at radius 2 is 1.43 bits per heavy atom. The van der Waals surface area contributed by atoms with E-state index in [1.165, 1.54) is 5.56 Å². The largest absolute Gasteiger partial charge is 0.508 e. The molecule has 9 nitrogen and oxygen atoms in total. The van der Waals surface area contributed by atoms with Crippen molar-refractivity contribution < 1.29 is 24.9 Å². The van der Waals surface area contributed by atoms with Gasteiger partial charge in [0.1, 0.15) is 5.75 Å². The van der Waals surface area contributed by atoms with Gasteiger partial charge < -0.3 is 10.2 Å². The number of phenols is 1. The van der Waals surface area contributed by atoms with Crippen LogP contribution in [0.2, 0.25) is 5.02 Å². The van der Waals surface area contributed by atoms with Crippen LogP contribution in [-0.2, 0) is 6.42 Å². The summed E-state index contributed by atoms with van der Waals surface area (Å²) in [5.74, 6) is -1.16. The molecule has 0 spiro atoms. The van der Waals surface area contributed by atoms with E-state index in [4.69, 9.17) is 21.8 Å². The SMILES string of the molecule is O=C(O)c1cc([N+](=O)[O-])cc([N+](=O)[O-])c1.Oc1ccc(Cc2cccc(Cl)c2)cc1. The second-order valence-corrected chi connectivity index (χ2v) is 6.47. The molecule has 0 radical (unpaired) electrons. The molecule has 3 aromatic rings. The molecular weight excluding hydrogens is 416 g/mol. The molecule has 0 atom stereocenters. The van der Waals surface area contributed by atoms with Crippen LogP contribution in [0.3, 0.4) is 0 Å². The summed E-state index contributed by atoms with van der Waals surface area (Å²) < 4.78 is 0. The third kappa shape index (κ3) is 6.57. The van der Waals surface area contributed by atoms with Crippen molar-refractivity contribution >= 4 is 28.9 Å². The summed E-state index contributed by atoms with van der Waals surface area (Å²) in [6.07, 6.45) is 0.834. The fraction of sp³-hybridized carbons (Fsp3) is 0.0500. The maximum Gasteiger partial charge on any atom is 0.336 e. The number of rotatable bonds is 5. The lowest BCUT2D eigenvalue weighted by Crippen LogP contribution is -2.00. The van der Waals surface area contributed by atoms with Gasteiger partial charge in [0.25, 0.3) is 11.4 Å². The molecule has 154 valence electrons. The van der Waals surface area contributed by atoms with Gasteiger partial charge in [-0.15, -0.1) is 0 Å². The van der Waals surface area contributed by atoms with Crippen molar-refractivity contribution in [1.82, 2.24) is 0 Å². The van der Waals surface area contributed by atoms with Gasteiger partial charge in [0.15, 0.2) is 0 Å². The zero-order valence-corrected chi connectivity index (χ0v) is 16.0. The monoisotopic (exact) mass is 430 g/mol. The zero-order chi connectivity index (χ0) is 22.3. The first-order valence-electron chi connectivity index (χ1n) is 8.35. The van der Waals surface area contributed by atoms with Gasteiger partial charge in [-0.2, -0.15) is 0 Å². The topological polar surface area (TPSA) is 144 Å². The number of carbonyl (C=O) groups is 1. The number of nitrogens with zero attached hydrogens (tertiary/aromatic N) is 2. The van der Waals surface area contributed by atoms with E-state index in [0.29, 0.717) is 11.8 Å². The first-order valence-corrected chi connectivity index (χ1v) is 8.73. The molecule has 10 heteroatoms. The zero-order valence-electron chi connectivity index (χ0n) is 15.3. The third-order valence-corrected chi connectivity index (χ3v) is 4.04. The van der Waals surface area contributed by atoms with Gasteiger partial charge in [-0.1, -0.05) is 35.9 Å². The number of nitro benzene ring substituents is 2. The summed E-state index contributed by atoms with van der Waals surface area (Å²) in [6.45, 7) is 0. The maximum atomic E-state index is 10.5. The molecular formula is C20H15ClN2O7. The molecule has 2 N–H and O–H groups in total. The highest BCUT2D eigenvalue weighted by molar-refractivity contribution is 6.30. The van der Waals surface area contributed by atoms with E-state index in [1.807, 2.05) is 36.4 Å². The van der Waals surface area contributed by atoms with Crippen molar-refractivity contribution in [3.05, 3.63) is 109 Å². The Hall–Kier alpha value is -3.98. The van der Waals surface area contributed by atoms with Crippen molar-refractivity contribution in [2.75, 3.05) is 0 Å². The van der Waals surface area contributed by atoms with Crippen molar-refractivity contribution in [2.45, 2.75) is 6.42 Å². The van der Waals surface area contributed by atoms with Gasteiger partial charge >= 0.3 is 5.97 Å². The predicted octanol–water partition coefficient (Wildman–Crippen LogP) is 4.84. The molecule has 0 aromatic heterocycles. The Bertz CT molecular complexity index is 1010. The van der Waals surface area contributed by atoms with Gasteiger partial charge in [0.05, 0.1) is 21.5 Å². The molecule has 0 saturated carbocycles. The second-order valence-electron chi connectivity index (χ2n) is 6.03. The average molecular weight is 431 g/mol. The standard InChI is InChI=1S/C13H11ClO.C7H4N2O6/c14-12-3-1-2-11(9-12)8-10-4-6-13(15)7-5-10;10-7(11)4-1-5(8(12)13)3-6(2-4)9(14)15/h1-7,9,15H,8H2;1-3H,(H,10,11). The number of halogens is 1. The molecule has 0 aliphatic heterocycles.